The van der Waals surface area contributed by atoms with Gasteiger partial charge in [-0.1, -0.05) is 19.4 Å². The van der Waals surface area contributed by atoms with Gasteiger partial charge in [0.05, 0.1) is 6.34 Å². The van der Waals surface area contributed by atoms with Crippen LogP contribution in [0.2, 0.25) is 0 Å². The van der Waals surface area contributed by atoms with E-state index in [1.807, 2.05) is 25.2 Å². The third-order valence-corrected chi connectivity index (χ3v) is 0.944. The highest BCUT2D eigenvalue weighted by Crippen LogP contribution is 1.87. The van der Waals surface area contributed by atoms with Gasteiger partial charge in [0.2, 0.25) is 0 Å². The summed E-state index contributed by atoms with van der Waals surface area (Å²) in [6.45, 7) is 2.15. The van der Waals surface area contributed by atoms with E-state index in [2.05, 4.69) is 18.0 Å². The van der Waals surface area contributed by atoms with Crippen molar-refractivity contribution in [1.82, 2.24) is 4.90 Å². The van der Waals surface area contributed by atoms with Crippen LogP contribution in [0.5, 0.6) is 0 Å². The Morgan fingerprint density at radius 2 is 2.10 bits per heavy atom. The summed E-state index contributed by atoms with van der Waals surface area (Å²) in [5.41, 5.74) is 0. The molecule has 0 radical (unpaired) electrons. The van der Waals surface area contributed by atoms with Crippen molar-refractivity contribution < 1.29 is 0 Å². The molecule has 0 amide bonds. The highest BCUT2D eigenvalue weighted by atomic mass is 15.1. The zero-order valence-corrected chi connectivity index (χ0v) is 7.04. The molecule has 0 saturated carbocycles. The minimum absolute atomic E-state index is 1.12. The van der Waals surface area contributed by atoms with E-state index in [-0.39, 0.29) is 0 Å². The van der Waals surface area contributed by atoms with E-state index in [0.29, 0.717) is 0 Å². The van der Waals surface area contributed by atoms with E-state index in [4.69, 9.17) is 0 Å². The molecule has 0 aliphatic rings. The Hall–Kier alpha value is -0.790. The molecule has 0 bridgehead atoms. The molecule has 2 heteroatoms. The standard InChI is InChI=1S/C8H16N2/c1-4-5-6-7-9-8-10(2)3/h6-8H,4-5H2,1-3H3/b7-6+,9-8?. The number of aliphatic imine (C=N–C) groups is 1. The Kier molecular flexibility index (Phi) is 5.83. The summed E-state index contributed by atoms with van der Waals surface area (Å²) in [4.78, 5) is 5.94. The van der Waals surface area contributed by atoms with Crippen molar-refractivity contribution in [2.45, 2.75) is 19.8 Å². The second-order valence-electron chi connectivity index (χ2n) is 2.40. The van der Waals surface area contributed by atoms with Crippen molar-refractivity contribution in [3.8, 4) is 0 Å². The van der Waals surface area contributed by atoms with Crippen molar-refractivity contribution in [2.24, 2.45) is 4.99 Å². The van der Waals surface area contributed by atoms with E-state index in [1.165, 1.54) is 6.42 Å². The molecular formula is C8H16N2. The lowest BCUT2D eigenvalue weighted by atomic mass is 10.3. The van der Waals surface area contributed by atoms with Gasteiger partial charge in [-0.2, -0.15) is 0 Å². The van der Waals surface area contributed by atoms with E-state index < -0.39 is 0 Å². The zero-order chi connectivity index (χ0) is 7.82. The fourth-order valence-corrected chi connectivity index (χ4v) is 0.474. The Morgan fingerprint density at radius 1 is 1.40 bits per heavy atom. The van der Waals surface area contributed by atoms with Gasteiger partial charge < -0.3 is 4.90 Å². The predicted molar refractivity (Wildman–Crippen MR) is 46.2 cm³/mol. The molecule has 0 spiro atoms. The Bertz CT molecular complexity index is 114. The minimum atomic E-state index is 1.12. The van der Waals surface area contributed by atoms with Gasteiger partial charge in [0.25, 0.3) is 0 Å². The van der Waals surface area contributed by atoms with Crippen molar-refractivity contribution in [2.75, 3.05) is 14.1 Å². The van der Waals surface area contributed by atoms with Crippen LogP contribution in [0.3, 0.4) is 0 Å². The number of hydrogen-bond acceptors (Lipinski definition) is 1. The third kappa shape index (κ3) is 7.21. The van der Waals surface area contributed by atoms with Crippen molar-refractivity contribution in [3.05, 3.63) is 12.3 Å². The first-order valence-corrected chi connectivity index (χ1v) is 3.62. The van der Waals surface area contributed by atoms with Crippen LogP contribution >= 0.6 is 0 Å². The monoisotopic (exact) mass is 140 g/mol. The molecule has 0 unspecified atom stereocenters. The molecule has 0 aromatic rings. The molecule has 0 rings (SSSR count). The molecule has 2 nitrogen and oxygen atoms in total. The summed E-state index contributed by atoms with van der Waals surface area (Å²) < 4.78 is 0. The van der Waals surface area contributed by atoms with E-state index in [1.54, 1.807) is 6.34 Å². The third-order valence-electron chi connectivity index (χ3n) is 0.944. The highest BCUT2D eigenvalue weighted by molar-refractivity contribution is 5.54. The fraction of sp³-hybridized carbons (Fsp3) is 0.625. The lowest BCUT2D eigenvalue weighted by Crippen LogP contribution is -2.06. The summed E-state index contributed by atoms with van der Waals surface area (Å²) in [6.07, 6.45) is 7.99. The maximum Gasteiger partial charge on any atom is 0.0899 e. The summed E-state index contributed by atoms with van der Waals surface area (Å²) in [7, 11) is 3.91. The molecular weight excluding hydrogens is 124 g/mol. The maximum absolute atomic E-state index is 4.03. The lowest BCUT2D eigenvalue weighted by molar-refractivity contribution is 0.643. The molecule has 0 fully saturated rings. The van der Waals surface area contributed by atoms with Gasteiger partial charge in [-0.25, -0.2) is 4.99 Å². The first-order valence-electron chi connectivity index (χ1n) is 3.62. The van der Waals surface area contributed by atoms with Crippen LogP contribution in [0.25, 0.3) is 0 Å². The van der Waals surface area contributed by atoms with Crippen molar-refractivity contribution >= 4 is 6.34 Å². The molecule has 0 aliphatic carbocycles. The quantitative estimate of drug-likeness (QED) is 0.430. The number of allylic oxidation sites excluding steroid dienone is 1. The number of unbranched alkanes of at least 4 members (excludes halogenated alkanes) is 1. The smallest absolute Gasteiger partial charge is 0.0899 e. The molecule has 0 aromatic heterocycles. The van der Waals surface area contributed by atoms with Crippen LogP contribution in [0.4, 0.5) is 0 Å². The summed E-state index contributed by atoms with van der Waals surface area (Å²) in [6, 6.07) is 0. The number of rotatable bonds is 4. The second kappa shape index (κ2) is 6.33. The van der Waals surface area contributed by atoms with Crippen LogP contribution in [-0.2, 0) is 0 Å². The summed E-state index contributed by atoms with van der Waals surface area (Å²) >= 11 is 0. The van der Waals surface area contributed by atoms with Gasteiger partial charge in [-0.15, -0.1) is 0 Å². The highest BCUT2D eigenvalue weighted by Gasteiger charge is 1.72. The fourth-order valence-electron chi connectivity index (χ4n) is 0.474. The zero-order valence-electron chi connectivity index (χ0n) is 7.04. The second-order valence-corrected chi connectivity index (χ2v) is 2.40. The van der Waals surface area contributed by atoms with Crippen LogP contribution < -0.4 is 0 Å². The molecule has 0 aliphatic heterocycles. The molecule has 10 heavy (non-hydrogen) atoms. The van der Waals surface area contributed by atoms with Gasteiger partial charge >= 0.3 is 0 Å². The van der Waals surface area contributed by atoms with E-state index >= 15 is 0 Å². The number of nitrogens with zero attached hydrogens (tertiary/aromatic N) is 2. The Balaban J connectivity index is 3.32. The van der Waals surface area contributed by atoms with Crippen molar-refractivity contribution in [3.63, 3.8) is 0 Å². The van der Waals surface area contributed by atoms with Gasteiger partial charge in [0.1, 0.15) is 0 Å². The van der Waals surface area contributed by atoms with Crippen LogP contribution in [0.15, 0.2) is 17.3 Å². The predicted octanol–water partition coefficient (Wildman–Crippen LogP) is 1.89. The van der Waals surface area contributed by atoms with E-state index in [9.17, 15) is 0 Å². The largest absolute Gasteiger partial charge is 0.369 e. The van der Waals surface area contributed by atoms with Crippen LogP contribution in [0.1, 0.15) is 19.8 Å². The lowest BCUT2D eigenvalue weighted by Gasteiger charge is -1.99. The average Bonchev–Trinajstić information content (AvgIpc) is 1.87. The molecule has 0 saturated heterocycles. The van der Waals surface area contributed by atoms with Crippen LogP contribution in [-0.4, -0.2) is 25.3 Å². The summed E-state index contributed by atoms with van der Waals surface area (Å²) in [5.74, 6) is 0. The van der Waals surface area contributed by atoms with E-state index in [0.717, 1.165) is 6.42 Å². The normalized spacial score (nSPS) is 11.5. The first-order chi connectivity index (χ1) is 4.77. The van der Waals surface area contributed by atoms with Crippen molar-refractivity contribution in [1.29, 1.82) is 0 Å². The maximum atomic E-state index is 4.03. The minimum Gasteiger partial charge on any atom is -0.369 e. The van der Waals surface area contributed by atoms with Gasteiger partial charge in [-0.3, -0.25) is 0 Å². The van der Waals surface area contributed by atoms with Crippen LogP contribution in [0, 0.1) is 0 Å². The van der Waals surface area contributed by atoms with Gasteiger partial charge in [0.15, 0.2) is 0 Å². The summed E-state index contributed by atoms with van der Waals surface area (Å²) in [5, 5.41) is 0. The topological polar surface area (TPSA) is 15.6 Å². The first kappa shape index (κ1) is 9.21. The SMILES string of the molecule is CCC/C=C/N=CN(C)C. The molecule has 0 N–H and O–H groups in total. The Morgan fingerprint density at radius 3 is 2.60 bits per heavy atom. The molecule has 0 atom stereocenters. The molecule has 0 heterocycles. The Labute approximate surface area is 63.3 Å². The molecule has 58 valence electrons. The average molecular weight is 140 g/mol. The number of hydrogen-bond donors (Lipinski definition) is 0. The van der Waals surface area contributed by atoms with Gasteiger partial charge in [0, 0.05) is 20.3 Å². The van der Waals surface area contributed by atoms with Gasteiger partial charge in [-0.05, 0) is 6.42 Å². The molecule has 0 aromatic carbocycles.